The van der Waals surface area contributed by atoms with Gasteiger partial charge in [-0.25, -0.2) is 0 Å². The van der Waals surface area contributed by atoms with Gasteiger partial charge < -0.3 is 25.7 Å². The first-order valence-corrected chi connectivity index (χ1v) is 14.9. The number of rotatable bonds is 6. The number of Topliss-reactive ketones (excluding diaryl/α,β-unsaturated/α-hetero) is 3. The average molecular weight is 588 g/mol. The lowest BCUT2D eigenvalue weighted by Gasteiger charge is -2.59. The molecule has 8 heteroatoms. The van der Waals surface area contributed by atoms with Gasteiger partial charge in [0.1, 0.15) is 22.8 Å². The van der Waals surface area contributed by atoms with Crippen LogP contribution in [-0.4, -0.2) is 49.4 Å². The van der Waals surface area contributed by atoms with E-state index in [1.54, 1.807) is 33.8 Å². The van der Waals surface area contributed by atoms with Crippen LogP contribution in [0.25, 0.3) is 16.9 Å². The molecule has 43 heavy (non-hydrogen) atoms. The average Bonchev–Trinajstić information content (AvgIpc) is 2.91. The molecule has 0 aromatic heterocycles. The van der Waals surface area contributed by atoms with Crippen molar-refractivity contribution in [1.82, 2.24) is 0 Å². The molecule has 1 fully saturated rings. The molecule has 228 valence electrons. The Labute approximate surface area is 252 Å². The Morgan fingerprint density at radius 2 is 1.65 bits per heavy atom. The molecule has 0 saturated heterocycles. The maximum absolute atomic E-state index is 14.4. The fourth-order valence-corrected chi connectivity index (χ4v) is 8.12. The van der Waals surface area contributed by atoms with Gasteiger partial charge in [0, 0.05) is 34.1 Å². The molecule has 0 spiro atoms. The molecule has 5 rings (SSSR count). The van der Waals surface area contributed by atoms with Crippen molar-refractivity contribution in [3.8, 4) is 16.9 Å². The van der Waals surface area contributed by atoms with Crippen molar-refractivity contribution in [2.75, 3.05) is 5.32 Å². The van der Waals surface area contributed by atoms with E-state index in [2.05, 4.69) is 19.2 Å². The van der Waals surface area contributed by atoms with E-state index in [0.29, 0.717) is 11.6 Å². The number of aliphatic hydroxyl groups is 3. The van der Waals surface area contributed by atoms with Gasteiger partial charge >= 0.3 is 0 Å². The first-order chi connectivity index (χ1) is 20.0. The van der Waals surface area contributed by atoms with Gasteiger partial charge in [-0.15, -0.1) is 0 Å². The summed E-state index contributed by atoms with van der Waals surface area (Å²) in [7, 11) is 0. The number of phenolic OH excluding ortho intramolecular Hbond substituents is 1. The molecule has 2 aromatic carbocycles. The SMILES string of the molecule is CCC(C)Nc1ccc(-c2ccc(O)c3c2C[C@]2(C)C[C@]4(C)C(C(C)C)C(=O)C(C(C)=O)=C(O)[C@]4(O)C(=O)C2=C3O)cc1. The first kappa shape index (κ1) is 30.5. The van der Waals surface area contributed by atoms with Gasteiger partial charge in [-0.3, -0.25) is 14.4 Å². The van der Waals surface area contributed by atoms with Crippen LogP contribution in [0, 0.1) is 22.7 Å². The molecule has 8 nitrogen and oxygen atoms in total. The summed E-state index contributed by atoms with van der Waals surface area (Å²) in [5.41, 5.74) is -2.57. The standard InChI is InChI=1S/C35H41NO7/c1-8-18(4)36-21-11-9-20(10-12-21)22-13-14-24(38)26-23(22)15-33(6)16-34(7)27(17(2)3)29(39)25(19(5)37)31(41)35(34,43)32(42)28(33)30(26)40/h9-14,17-18,27,36,38,40-41,43H,8,15-16H2,1-7H3/t18?,27?,33-,34-,35+/m1/s1. The van der Waals surface area contributed by atoms with E-state index >= 15 is 0 Å². The molecule has 2 aromatic rings. The molecule has 5 N–H and O–H groups in total. The summed E-state index contributed by atoms with van der Waals surface area (Å²) in [4.78, 5) is 40.7. The fourth-order valence-electron chi connectivity index (χ4n) is 8.12. The minimum atomic E-state index is -2.62. The van der Waals surface area contributed by atoms with Crippen molar-refractivity contribution in [3.63, 3.8) is 0 Å². The third-order valence-electron chi connectivity index (χ3n) is 10.1. The number of hydrogen-bond acceptors (Lipinski definition) is 8. The molecule has 3 aliphatic carbocycles. The van der Waals surface area contributed by atoms with Crippen LogP contribution in [0.15, 0.2) is 53.3 Å². The molecule has 0 amide bonds. The highest BCUT2D eigenvalue weighted by molar-refractivity contribution is 6.24. The molecule has 0 bridgehead atoms. The predicted molar refractivity (Wildman–Crippen MR) is 165 cm³/mol. The highest BCUT2D eigenvalue weighted by Crippen LogP contribution is 2.65. The van der Waals surface area contributed by atoms with E-state index in [1.807, 2.05) is 24.3 Å². The van der Waals surface area contributed by atoms with E-state index in [1.165, 1.54) is 6.07 Å². The summed E-state index contributed by atoms with van der Waals surface area (Å²) in [5.74, 6) is -5.30. The smallest absolute Gasteiger partial charge is 0.203 e. The molecular weight excluding hydrogens is 546 g/mol. The minimum absolute atomic E-state index is 0.0533. The Morgan fingerprint density at radius 1 is 1.02 bits per heavy atom. The lowest BCUT2D eigenvalue weighted by atomic mass is 9.43. The summed E-state index contributed by atoms with van der Waals surface area (Å²) >= 11 is 0. The van der Waals surface area contributed by atoms with Gasteiger partial charge in [0.05, 0.1) is 5.56 Å². The normalized spacial score (nSPS) is 29.3. The Balaban J connectivity index is 1.73. The number of carbonyl (C=O) groups excluding carboxylic acids is 3. The maximum atomic E-state index is 14.4. The third-order valence-corrected chi connectivity index (χ3v) is 10.1. The van der Waals surface area contributed by atoms with Gasteiger partial charge in [-0.2, -0.15) is 0 Å². The zero-order valence-electron chi connectivity index (χ0n) is 25.8. The minimum Gasteiger partial charge on any atom is -0.508 e. The monoisotopic (exact) mass is 587 g/mol. The van der Waals surface area contributed by atoms with E-state index in [4.69, 9.17) is 0 Å². The predicted octanol–water partition coefficient (Wildman–Crippen LogP) is 6.07. The van der Waals surface area contributed by atoms with Crippen LogP contribution in [0.1, 0.15) is 72.4 Å². The van der Waals surface area contributed by atoms with E-state index in [-0.39, 0.29) is 35.6 Å². The van der Waals surface area contributed by atoms with Crippen LogP contribution in [-0.2, 0) is 20.8 Å². The Kier molecular flexibility index (Phi) is 7.16. The van der Waals surface area contributed by atoms with E-state index < -0.39 is 56.8 Å². The topological polar surface area (TPSA) is 144 Å². The van der Waals surface area contributed by atoms with Crippen molar-refractivity contribution in [1.29, 1.82) is 0 Å². The number of allylic oxidation sites excluding steroid dienone is 1. The largest absolute Gasteiger partial charge is 0.508 e. The summed E-state index contributed by atoms with van der Waals surface area (Å²) in [6.07, 6.45) is 1.25. The first-order valence-electron chi connectivity index (χ1n) is 14.9. The Morgan fingerprint density at radius 3 is 2.21 bits per heavy atom. The van der Waals surface area contributed by atoms with Crippen LogP contribution < -0.4 is 5.32 Å². The van der Waals surface area contributed by atoms with Crippen LogP contribution >= 0.6 is 0 Å². The molecule has 0 radical (unpaired) electrons. The number of anilines is 1. The van der Waals surface area contributed by atoms with Crippen LogP contribution in [0.5, 0.6) is 5.75 Å². The lowest BCUT2D eigenvalue weighted by molar-refractivity contribution is -0.178. The molecule has 1 saturated carbocycles. The summed E-state index contributed by atoms with van der Waals surface area (Å²) in [6, 6.07) is 11.4. The number of nitrogens with one attached hydrogen (secondary N) is 1. The zero-order valence-corrected chi connectivity index (χ0v) is 25.8. The third kappa shape index (κ3) is 4.17. The molecule has 0 heterocycles. The molecule has 2 unspecified atom stereocenters. The van der Waals surface area contributed by atoms with Crippen LogP contribution in [0.3, 0.4) is 0 Å². The Bertz CT molecular complexity index is 1620. The quantitative estimate of drug-likeness (QED) is 0.256. The number of aliphatic hydroxyl groups excluding tert-OH is 2. The summed E-state index contributed by atoms with van der Waals surface area (Å²) < 4.78 is 0. The molecule has 0 aliphatic heterocycles. The van der Waals surface area contributed by atoms with Gasteiger partial charge in [0.2, 0.25) is 5.78 Å². The number of phenols is 1. The van der Waals surface area contributed by atoms with Crippen LogP contribution in [0.4, 0.5) is 5.69 Å². The second-order valence-electron chi connectivity index (χ2n) is 13.5. The molecule has 3 aliphatic rings. The van der Waals surface area contributed by atoms with Gasteiger partial charge in [-0.1, -0.05) is 52.8 Å². The molecule has 5 atom stereocenters. The maximum Gasteiger partial charge on any atom is 0.203 e. The Hall–Kier alpha value is -3.91. The highest BCUT2D eigenvalue weighted by Gasteiger charge is 2.72. The van der Waals surface area contributed by atoms with Gasteiger partial charge in [-0.05, 0) is 73.9 Å². The second-order valence-corrected chi connectivity index (χ2v) is 13.5. The number of hydrogen-bond donors (Lipinski definition) is 5. The van der Waals surface area contributed by atoms with Crippen molar-refractivity contribution in [3.05, 3.63) is 64.4 Å². The summed E-state index contributed by atoms with van der Waals surface area (Å²) in [6.45, 7) is 12.3. The van der Waals surface area contributed by atoms with Gasteiger partial charge in [0.25, 0.3) is 0 Å². The highest BCUT2D eigenvalue weighted by atomic mass is 16.3. The number of ketones is 3. The van der Waals surface area contributed by atoms with E-state index in [0.717, 1.165) is 30.2 Å². The fraction of sp³-hybridized carbons (Fsp3) is 0.457. The van der Waals surface area contributed by atoms with E-state index in [9.17, 15) is 34.8 Å². The number of aromatic hydroxyl groups is 1. The van der Waals surface area contributed by atoms with Crippen molar-refractivity contribution in [2.24, 2.45) is 22.7 Å². The van der Waals surface area contributed by atoms with Crippen molar-refractivity contribution in [2.45, 2.75) is 79.4 Å². The zero-order chi connectivity index (χ0) is 31.8. The van der Waals surface area contributed by atoms with Gasteiger partial charge in [0.15, 0.2) is 17.2 Å². The molecular formula is C35H41NO7. The van der Waals surface area contributed by atoms with Crippen LogP contribution in [0.2, 0.25) is 0 Å². The number of fused-ring (bicyclic) bond motifs is 3. The second kappa shape index (κ2) is 10.1. The number of carbonyl (C=O) groups is 3. The van der Waals surface area contributed by atoms with Crippen molar-refractivity contribution >= 4 is 28.8 Å². The summed E-state index contributed by atoms with van der Waals surface area (Å²) in [5, 5.41) is 49.6. The lowest BCUT2D eigenvalue weighted by Crippen LogP contribution is -2.69. The number of benzene rings is 2. The van der Waals surface area contributed by atoms with Crippen molar-refractivity contribution < 1.29 is 34.8 Å².